The van der Waals surface area contributed by atoms with Crippen molar-refractivity contribution in [2.45, 2.75) is 23.8 Å². The summed E-state index contributed by atoms with van der Waals surface area (Å²) in [7, 11) is 0. The molecule has 0 bridgehead atoms. The molecule has 0 spiro atoms. The minimum Gasteiger partial charge on any atom is -0.351 e. The number of amides is 1. The van der Waals surface area contributed by atoms with Gasteiger partial charge in [-0.2, -0.15) is 0 Å². The standard InChI is InChI=1S/C18H22ClN3OS/c1-3-22(4-2)13-12-20-17(23)16-6-5-11-21-18(16)24-15-9-7-14(19)8-10-15/h5-11H,3-4,12-13H2,1-2H3,(H,20,23). The quantitative estimate of drug-likeness (QED) is 0.771. The number of hydrogen-bond acceptors (Lipinski definition) is 4. The summed E-state index contributed by atoms with van der Waals surface area (Å²) < 4.78 is 0. The van der Waals surface area contributed by atoms with Gasteiger partial charge < -0.3 is 10.2 Å². The highest BCUT2D eigenvalue weighted by atomic mass is 35.5. The van der Waals surface area contributed by atoms with Gasteiger partial charge in [0.05, 0.1) is 5.56 Å². The lowest BCUT2D eigenvalue weighted by Gasteiger charge is -2.18. The van der Waals surface area contributed by atoms with Crippen LogP contribution in [-0.2, 0) is 0 Å². The molecule has 1 amide bonds. The fraction of sp³-hybridized carbons (Fsp3) is 0.333. The highest BCUT2D eigenvalue weighted by Crippen LogP contribution is 2.29. The summed E-state index contributed by atoms with van der Waals surface area (Å²) in [6.45, 7) is 7.67. The summed E-state index contributed by atoms with van der Waals surface area (Å²) in [5, 5.41) is 4.36. The first kappa shape index (κ1) is 18.8. The Balaban J connectivity index is 2.02. The van der Waals surface area contributed by atoms with Gasteiger partial charge in [-0.1, -0.05) is 37.2 Å². The molecule has 0 fully saturated rings. The summed E-state index contributed by atoms with van der Waals surface area (Å²) in [5.41, 5.74) is 0.594. The molecular weight excluding hydrogens is 342 g/mol. The Morgan fingerprint density at radius 1 is 1.21 bits per heavy atom. The van der Waals surface area contributed by atoms with Crippen molar-refractivity contribution in [1.29, 1.82) is 0 Å². The normalized spacial score (nSPS) is 10.8. The van der Waals surface area contributed by atoms with Crippen LogP contribution < -0.4 is 5.32 Å². The molecule has 1 heterocycles. The molecular formula is C18H22ClN3OS. The van der Waals surface area contributed by atoms with Gasteiger partial charge in [-0.25, -0.2) is 4.98 Å². The van der Waals surface area contributed by atoms with Gasteiger partial charge in [-0.15, -0.1) is 0 Å². The maximum atomic E-state index is 12.5. The van der Waals surface area contributed by atoms with E-state index < -0.39 is 0 Å². The third-order valence-corrected chi connectivity index (χ3v) is 4.93. The molecule has 128 valence electrons. The number of nitrogens with one attached hydrogen (secondary N) is 1. The summed E-state index contributed by atoms with van der Waals surface area (Å²) in [5.74, 6) is -0.0910. The van der Waals surface area contributed by atoms with Crippen LogP contribution in [0.4, 0.5) is 0 Å². The first-order valence-corrected chi connectivity index (χ1v) is 9.22. The number of nitrogens with zero attached hydrogens (tertiary/aromatic N) is 2. The lowest BCUT2D eigenvalue weighted by atomic mass is 10.2. The average Bonchev–Trinajstić information content (AvgIpc) is 2.61. The lowest BCUT2D eigenvalue weighted by Crippen LogP contribution is -2.35. The molecule has 4 nitrogen and oxygen atoms in total. The zero-order valence-corrected chi connectivity index (χ0v) is 15.5. The molecule has 0 radical (unpaired) electrons. The van der Waals surface area contributed by atoms with Crippen LogP contribution in [0, 0.1) is 0 Å². The third kappa shape index (κ3) is 5.51. The molecule has 0 atom stereocenters. The van der Waals surface area contributed by atoms with Gasteiger partial charge in [0.25, 0.3) is 5.91 Å². The van der Waals surface area contributed by atoms with E-state index in [1.807, 2.05) is 24.3 Å². The molecule has 0 aliphatic heterocycles. The molecule has 2 aromatic rings. The van der Waals surface area contributed by atoms with Crippen molar-refractivity contribution in [3.63, 3.8) is 0 Å². The Hall–Kier alpha value is -1.56. The number of carbonyl (C=O) groups excluding carboxylic acids is 1. The Morgan fingerprint density at radius 3 is 2.58 bits per heavy atom. The Bertz CT molecular complexity index is 660. The van der Waals surface area contributed by atoms with E-state index in [2.05, 4.69) is 29.0 Å². The minimum absolute atomic E-state index is 0.0910. The number of carbonyl (C=O) groups is 1. The van der Waals surface area contributed by atoms with Gasteiger partial charge in [0, 0.05) is 29.2 Å². The van der Waals surface area contributed by atoms with E-state index in [4.69, 9.17) is 11.6 Å². The van der Waals surface area contributed by atoms with Crippen LogP contribution in [0.3, 0.4) is 0 Å². The Labute approximate surface area is 152 Å². The number of hydrogen-bond donors (Lipinski definition) is 1. The van der Waals surface area contributed by atoms with Crippen molar-refractivity contribution in [2.75, 3.05) is 26.2 Å². The Morgan fingerprint density at radius 2 is 1.92 bits per heavy atom. The van der Waals surface area contributed by atoms with Gasteiger partial charge in [0.15, 0.2) is 0 Å². The first-order chi connectivity index (χ1) is 11.6. The van der Waals surface area contributed by atoms with Crippen LogP contribution in [0.15, 0.2) is 52.5 Å². The number of likely N-dealkylation sites (N-methyl/N-ethyl adjacent to an activating group) is 1. The van der Waals surface area contributed by atoms with Gasteiger partial charge in [-0.3, -0.25) is 4.79 Å². The molecule has 0 saturated carbocycles. The highest BCUT2D eigenvalue weighted by molar-refractivity contribution is 7.99. The van der Waals surface area contributed by atoms with Crippen LogP contribution in [0.1, 0.15) is 24.2 Å². The molecule has 0 saturated heterocycles. The van der Waals surface area contributed by atoms with E-state index in [0.29, 0.717) is 22.2 Å². The van der Waals surface area contributed by atoms with Crippen molar-refractivity contribution in [3.8, 4) is 0 Å². The van der Waals surface area contributed by atoms with Crippen molar-refractivity contribution in [1.82, 2.24) is 15.2 Å². The summed E-state index contributed by atoms with van der Waals surface area (Å²) >= 11 is 7.37. The minimum atomic E-state index is -0.0910. The van der Waals surface area contributed by atoms with Gasteiger partial charge in [-0.05, 0) is 49.5 Å². The predicted octanol–water partition coefficient (Wildman–Crippen LogP) is 3.96. The fourth-order valence-electron chi connectivity index (χ4n) is 2.22. The molecule has 0 unspecified atom stereocenters. The topological polar surface area (TPSA) is 45.2 Å². The molecule has 1 aromatic heterocycles. The second-order valence-electron chi connectivity index (χ2n) is 5.19. The van der Waals surface area contributed by atoms with Crippen molar-refractivity contribution in [2.24, 2.45) is 0 Å². The van der Waals surface area contributed by atoms with Crippen LogP contribution in [0.2, 0.25) is 5.02 Å². The van der Waals surface area contributed by atoms with Crippen molar-refractivity contribution < 1.29 is 4.79 Å². The molecule has 1 N–H and O–H groups in total. The van der Waals surface area contributed by atoms with Crippen LogP contribution in [0.5, 0.6) is 0 Å². The number of halogens is 1. The Kier molecular flexibility index (Phi) is 7.56. The van der Waals surface area contributed by atoms with E-state index >= 15 is 0 Å². The molecule has 0 aliphatic rings. The maximum absolute atomic E-state index is 12.5. The molecule has 24 heavy (non-hydrogen) atoms. The van der Waals surface area contributed by atoms with E-state index in [1.165, 1.54) is 11.8 Å². The zero-order valence-electron chi connectivity index (χ0n) is 14.0. The maximum Gasteiger partial charge on any atom is 0.254 e. The van der Waals surface area contributed by atoms with Crippen LogP contribution in [-0.4, -0.2) is 42.0 Å². The number of pyridine rings is 1. The lowest BCUT2D eigenvalue weighted by molar-refractivity contribution is 0.0945. The monoisotopic (exact) mass is 363 g/mol. The average molecular weight is 364 g/mol. The highest BCUT2D eigenvalue weighted by Gasteiger charge is 2.13. The largest absolute Gasteiger partial charge is 0.351 e. The van der Waals surface area contributed by atoms with Crippen molar-refractivity contribution in [3.05, 3.63) is 53.2 Å². The summed E-state index contributed by atoms with van der Waals surface area (Å²) in [6.07, 6.45) is 1.70. The summed E-state index contributed by atoms with van der Waals surface area (Å²) in [4.78, 5) is 20.1. The number of benzene rings is 1. The molecule has 1 aromatic carbocycles. The predicted molar refractivity (Wildman–Crippen MR) is 99.9 cm³/mol. The van der Waals surface area contributed by atoms with Crippen LogP contribution >= 0.6 is 23.4 Å². The van der Waals surface area contributed by atoms with E-state index in [-0.39, 0.29) is 5.91 Å². The second kappa shape index (κ2) is 9.67. The SMILES string of the molecule is CCN(CC)CCNC(=O)c1cccnc1Sc1ccc(Cl)cc1. The summed E-state index contributed by atoms with van der Waals surface area (Å²) in [6, 6.07) is 11.1. The second-order valence-corrected chi connectivity index (χ2v) is 6.69. The van der Waals surface area contributed by atoms with E-state index in [1.54, 1.807) is 18.3 Å². The molecule has 2 rings (SSSR count). The van der Waals surface area contributed by atoms with Gasteiger partial charge >= 0.3 is 0 Å². The zero-order chi connectivity index (χ0) is 17.4. The third-order valence-electron chi connectivity index (χ3n) is 3.65. The number of rotatable bonds is 8. The molecule has 0 aliphatic carbocycles. The van der Waals surface area contributed by atoms with Crippen LogP contribution in [0.25, 0.3) is 0 Å². The smallest absolute Gasteiger partial charge is 0.254 e. The van der Waals surface area contributed by atoms with E-state index in [9.17, 15) is 4.79 Å². The van der Waals surface area contributed by atoms with Gasteiger partial charge in [0.2, 0.25) is 0 Å². The van der Waals surface area contributed by atoms with E-state index in [0.717, 1.165) is 24.5 Å². The molecule has 6 heteroatoms. The first-order valence-electron chi connectivity index (χ1n) is 8.03. The number of aromatic nitrogens is 1. The van der Waals surface area contributed by atoms with Gasteiger partial charge in [0.1, 0.15) is 5.03 Å². The van der Waals surface area contributed by atoms with Crippen molar-refractivity contribution >= 4 is 29.3 Å². The fourth-order valence-corrected chi connectivity index (χ4v) is 3.23.